The van der Waals surface area contributed by atoms with Gasteiger partial charge < -0.3 is 11.1 Å². The Kier molecular flexibility index (Phi) is 7.67. The van der Waals surface area contributed by atoms with E-state index in [0.717, 1.165) is 16.2 Å². The lowest BCUT2D eigenvalue weighted by molar-refractivity contribution is -0.119. The van der Waals surface area contributed by atoms with Gasteiger partial charge in [-0.2, -0.15) is 4.31 Å². The van der Waals surface area contributed by atoms with Crippen molar-refractivity contribution < 1.29 is 13.2 Å². The van der Waals surface area contributed by atoms with Crippen LogP contribution in [-0.4, -0.2) is 38.3 Å². The maximum atomic E-state index is 12.3. The van der Waals surface area contributed by atoms with E-state index in [4.69, 9.17) is 5.73 Å². The van der Waals surface area contributed by atoms with Gasteiger partial charge in [0.15, 0.2) is 0 Å². The highest BCUT2D eigenvalue weighted by molar-refractivity contribution is 7.91. The zero-order chi connectivity index (χ0) is 14.6. The highest BCUT2D eigenvalue weighted by atomic mass is 35.5. The summed E-state index contributed by atoms with van der Waals surface area (Å²) < 4.78 is 26.1. The van der Waals surface area contributed by atoms with Crippen LogP contribution in [0.3, 0.4) is 0 Å². The van der Waals surface area contributed by atoms with E-state index in [0.29, 0.717) is 6.54 Å². The molecule has 0 saturated heterocycles. The van der Waals surface area contributed by atoms with Crippen LogP contribution in [0.2, 0.25) is 0 Å². The molecule has 116 valence electrons. The van der Waals surface area contributed by atoms with Gasteiger partial charge in [-0.05, 0) is 19.1 Å². The molecule has 3 N–H and O–H groups in total. The van der Waals surface area contributed by atoms with Crippen molar-refractivity contribution in [1.29, 1.82) is 0 Å². The molecule has 0 saturated carbocycles. The van der Waals surface area contributed by atoms with Crippen LogP contribution in [-0.2, 0) is 21.4 Å². The average Bonchev–Trinajstić information content (AvgIpc) is 2.83. The Morgan fingerprint density at radius 3 is 2.60 bits per heavy atom. The number of amides is 1. The molecule has 0 aliphatic carbocycles. The van der Waals surface area contributed by atoms with Gasteiger partial charge in [0.2, 0.25) is 5.91 Å². The SMILES string of the molecule is CC(=O)NCc1ccc(S(=O)(=O)N(C)C(C)CN)s1.Cl. The van der Waals surface area contributed by atoms with E-state index in [2.05, 4.69) is 5.32 Å². The molecular weight excluding hydrogens is 322 g/mol. The fraction of sp³-hybridized carbons (Fsp3) is 0.545. The van der Waals surface area contributed by atoms with E-state index in [1.165, 1.54) is 18.3 Å². The summed E-state index contributed by atoms with van der Waals surface area (Å²) in [5.74, 6) is -0.147. The molecule has 9 heteroatoms. The number of likely N-dealkylation sites (N-methyl/N-ethyl adjacent to an activating group) is 1. The Morgan fingerprint density at radius 1 is 1.50 bits per heavy atom. The number of carbonyl (C=O) groups is 1. The molecule has 0 fully saturated rings. The second-order valence-corrected chi connectivity index (χ2v) is 7.63. The number of rotatable bonds is 6. The lowest BCUT2D eigenvalue weighted by Gasteiger charge is -2.21. The Morgan fingerprint density at radius 2 is 2.10 bits per heavy atom. The van der Waals surface area contributed by atoms with Gasteiger partial charge in [-0.1, -0.05) is 0 Å². The van der Waals surface area contributed by atoms with Crippen LogP contribution in [0.15, 0.2) is 16.3 Å². The van der Waals surface area contributed by atoms with Gasteiger partial charge in [-0.3, -0.25) is 4.79 Å². The highest BCUT2D eigenvalue weighted by Gasteiger charge is 2.26. The Bertz CT molecular complexity index is 545. The third-order valence-corrected chi connectivity index (χ3v) is 6.27. The maximum Gasteiger partial charge on any atom is 0.252 e. The van der Waals surface area contributed by atoms with Gasteiger partial charge in [0.25, 0.3) is 10.0 Å². The van der Waals surface area contributed by atoms with E-state index in [1.807, 2.05) is 0 Å². The number of hydrogen-bond donors (Lipinski definition) is 2. The molecule has 1 amide bonds. The Hall–Kier alpha value is -0.670. The quantitative estimate of drug-likeness (QED) is 0.799. The predicted octanol–water partition coefficient (Wildman–Crippen LogP) is 0.774. The van der Waals surface area contributed by atoms with Crippen molar-refractivity contribution >= 4 is 39.7 Å². The first-order valence-corrected chi connectivity index (χ1v) is 8.06. The summed E-state index contributed by atoms with van der Waals surface area (Å²) in [4.78, 5) is 11.6. The van der Waals surface area contributed by atoms with Crippen LogP contribution in [0, 0.1) is 0 Å². The van der Waals surface area contributed by atoms with Gasteiger partial charge >= 0.3 is 0 Å². The summed E-state index contributed by atoms with van der Waals surface area (Å²) in [6.45, 7) is 3.77. The van der Waals surface area contributed by atoms with Crippen molar-refractivity contribution in [3.05, 3.63) is 17.0 Å². The number of nitrogens with one attached hydrogen (secondary N) is 1. The molecule has 6 nitrogen and oxygen atoms in total. The molecule has 0 aliphatic heterocycles. The first-order valence-electron chi connectivity index (χ1n) is 5.80. The normalized spacial score (nSPS) is 12.8. The summed E-state index contributed by atoms with van der Waals surface area (Å²) in [6.07, 6.45) is 0. The van der Waals surface area contributed by atoms with Crippen molar-refractivity contribution in [2.24, 2.45) is 5.73 Å². The number of hydrogen-bond acceptors (Lipinski definition) is 5. The summed E-state index contributed by atoms with van der Waals surface area (Å²) in [6, 6.07) is 3.00. The van der Waals surface area contributed by atoms with Gasteiger partial charge in [-0.15, -0.1) is 23.7 Å². The Labute approximate surface area is 129 Å². The smallest absolute Gasteiger partial charge is 0.252 e. The number of carbonyl (C=O) groups excluding carboxylic acids is 1. The molecule has 0 aliphatic rings. The molecule has 1 rings (SSSR count). The largest absolute Gasteiger partial charge is 0.351 e. The van der Waals surface area contributed by atoms with E-state index in [1.54, 1.807) is 19.1 Å². The van der Waals surface area contributed by atoms with Crippen molar-refractivity contribution in [1.82, 2.24) is 9.62 Å². The van der Waals surface area contributed by atoms with Crippen LogP contribution in [0.25, 0.3) is 0 Å². The van der Waals surface area contributed by atoms with Crippen molar-refractivity contribution in [3.8, 4) is 0 Å². The van der Waals surface area contributed by atoms with Gasteiger partial charge in [0.05, 0.1) is 6.54 Å². The first kappa shape index (κ1) is 19.3. The number of sulfonamides is 1. The van der Waals surface area contributed by atoms with E-state index >= 15 is 0 Å². The molecule has 0 spiro atoms. The van der Waals surface area contributed by atoms with Crippen LogP contribution >= 0.6 is 23.7 Å². The molecule has 1 unspecified atom stereocenters. The van der Waals surface area contributed by atoms with Crippen LogP contribution in [0.1, 0.15) is 18.7 Å². The molecule has 1 atom stereocenters. The van der Waals surface area contributed by atoms with E-state index < -0.39 is 10.0 Å². The second-order valence-electron chi connectivity index (χ2n) is 4.24. The van der Waals surface area contributed by atoms with Crippen molar-refractivity contribution in [2.45, 2.75) is 30.6 Å². The fourth-order valence-electron chi connectivity index (χ4n) is 1.33. The molecular formula is C11H20ClN3O3S2. The molecule has 1 aromatic rings. The molecule has 0 radical (unpaired) electrons. The van der Waals surface area contributed by atoms with E-state index in [-0.39, 0.29) is 35.1 Å². The third kappa shape index (κ3) is 4.71. The molecule has 20 heavy (non-hydrogen) atoms. The Balaban J connectivity index is 0.00000361. The topological polar surface area (TPSA) is 92.5 Å². The highest BCUT2D eigenvalue weighted by Crippen LogP contribution is 2.25. The first-order chi connectivity index (χ1) is 8.78. The summed E-state index contributed by atoms with van der Waals surface area (Å²) in [5, 5.41) is 2.63. The van der Waals surface area contributed by atoms with Crippen molar-refractivity contribution in [3.63, 3.8) is 0 Å². The van der Waals surface area contributed by atoms with Gasteiger partial charge in [0, 0.05) is 31.4 Å². The fourth-order valence-corrected chi connectivity index (χ4v) is 4.18. The zero-order valence-electron chi connectivity index (χ0n) is 11.6. The number of nitrogens with two attached hydrogens (primary N) is 1. The summed E-state index contributed by atoms with van der Waals surface area (Å²) in [7, 11) is -1.99. The second kappa shape index (κ2) is 7.94. The van der Waals surface area contributed by atoms with Crippen LogP contribution < -0.4 is 11.1 Å². The van der Waals surface area contributed by atoms with Gasteiger partial charge in [0.1, 0.15) is 4.21 Å². The molecule has 0 bridgehead atoms. The third-order valence-electron chi connectivity index (χ3n) is 2.74. The van der Waals surface area contributed by atoms with Crippen LogP contribution in [0.5, 0.6) is 0 Å². The number of nitrogens with zero attached hydrogens (tertiary/aromatic N) is 1. The summed E-state index contributed by atoms with van der Waals surface area (Å²) >= 11 is 1.15. The molecule has 1 heterocycles. The lowest BCUT2D eigenvalue weighted by Crippen LogP contribution is -2.39. The number of halogens is 1. The monoisotopic (exact) mass is 341 g/mol. The minimum Gasteiger partial charge on any atom is -0.351 e. The summed E-state index contributed by atoms with van der Waals surface area (Å²) in [5.41, 5.74) is 5.48. The minimum atomic E-state index is -3.51. The number of thiophene rings is 1. The van der Waals surface area contributed by atoms with E-state index in [9.17, 15) is 13.2 Å². The molecule has 0 aromatic carbocycles. The standard InChI is InChI=1S/C11H19N3O3S2.ClH/c1-8(6-12)14(3)19(16,17)11-5-4-10(18-11)7-13-9(2)15;/h4-5,8H,6-7,12H2,1-3H3,(H,13,15);1H. The predicted molar refractivity (Wildman–Crippen MR) is 82.6 cm³/mol. The van der Waals surface area contributed by atoms with Crippen molar-refractivity contribution in [2.75, 3.05) is 13.6 Å². The van der Waals surface area contributed by atoms with Crippen LogP contribution in [0.4, 0.5) is 0 Å². The average molecular weight is 342 g/mol. The maximum absolute atomic E-state index is 12.3. The zero-order valence-corrected chi connectivity index (χ0v) is 14.1. The van der Waals surface area contributed by atoms with Gasteiger partial charge in [-0.25, -0.2) is 8.42 Å². The lowest BCUT2D eigenvalue weighted by atomic mass is 10.4. The molecule has 1 aromatic heterocycles. The minimum absolute atomic E-state index is 0.